The number of carboxylic acids is 1. The van der Waals surface area contributed by atoms with Crippen molar-refractivity contribution in [2.24, 2.45) is 5.92 Å². The summed E-state index contributed by atoms with van der Waals surface area (Å²) in [5.41, 5.74) is -0.486. The maximum atomic E-state index is 13.3. The van der Waals surface area contributed by atoms with Gasteiger partial charge in [-0.15, -0.1) is 0 Å². The summed E-state index contributed by atoms with van der Waals surface area (Å²) >= 11 is 0. The first-order valence-corrected chi connectivity index (χ1v) is 5.80. The van der Waals surface area contributed by atoms with Crippen LogP contribution in [0.3, 0.4) is 0 Å². The third kappa shape index (κ3) is 4.53. The highest BCUT2D eigenvalue weighted by Crippen LogP contribution is 2.27. The van der Waals surface area contributed by atoms with Crippen LogP contribution in [0.1, 0.15) is 19.8 Å². The van der Waals surface area contributed by atoms with E-state index in [1.54, 1.807) is 0 Å². The lowest BCUT2D eigenvalue weighted by molar-refractivity contribution is -0.386. The average molecular weight is 270 g/mol. The number of benzene rings is 1. The van der Waals surface area contributed by atoms with Crippen LogP contribution in [0.2, 0.25) is 0 Å². The molecule has 0 spiro atoms. The molecule has 19 heavy (non-hydrogen) atoms. The van der Waals surface area contributed by atoms with E-state index in [9.17, 15) is 19.3 Å². The first-order valence-electron chi connectivity index (χ1n) is 5.80. The number of nitro benzene ring substituents is 1. The van der Waals surface area contributed by atoms with Crippen LogP contribution in [-0.2, 0) is 4.79 Å². The minimum absolute atomic E-state index is 0.0129. The highest BCUT2D eigenvalue weighted by molar-refractivity contribution is 5.66. The van der Waals surface area contributed by atoms with Crippen LogP contribution in [0.25, 0.3) is 0 Å². The molecule has 2 N–H and O–H groups in total. The standard InChI is InChI=1S/C12H15FN2O4/c1-8(5-6-11(16)17)7-14-10-4-2-3-9(13)12(10)15(18)19/h2-4,8,14H,5-7H2,1H3,(H,16,17). The minimum atomic E-state index is -0.895. The Bertz CT molecular complexity index is 479. The van der Waals surface area contributed by atoms with Crippen LogP contribution >= 0.6 is 0 Å². The first kappa shape index (κ1) is 14.9. The quantitative estimate of drug-likeness (QED) is 0.587. The highest BCUT2D eigenvalue weighted by atomic mass is 19.1. The number of anilines is 1. The zero-order chi connectivity index (χ0) is 14.4. The van der Waals surface area contributed by atoms with Gasteiger partial charge in [-0.1, -0.05) is 13.0 Å². The number of carboxylic acid groups (broad SMARTS) is 1. The predicted molar refractivity (Wildman–Crippen MR) is 67.6 cm³/mol. The number of hydrogen-bond donors (Lipinski definition) is 2. The van der Waals surface area contributed by atoms with Gasteiger partial charge >= 0.3 is 11.7 Å². The molecule has 1 aromatic rings. The Labute approximate surface area is 109 Å². The maximum Gasteiger partial charge on any atom is 0.327 e. The van der Waals surface area contributed by atoms with Gasteiger partial charge in [0, 0.05) is 13.0 Å². The fraction of sp³-hybridized carbons (Fsp3) is 0.417. The SMILES string of the molecule is CC(CCC(=O)O)CNc1cccc(F)c1[N+](=O)[O-]. The van der Waals surface area contributed by atoms with Gasteiger partial charge in [0.05, 0.1) is 4.92 Å². The monoisotopic (exact) mass is 270 g/mol. The number of carbonyl (C=O) groups is 1. The van der Waals surface area contributed by atoms with Crippen molar-refractivity contribution in [1.29, 1.82) is 0 Å². The van der Waals surface area contributed by atoms with Crippen molar-refractivity contribution in [3.05, 3.63) is 34.1 Å². The summed E-state index contributed by atoms with van der Waals surface area (Å²) in [6.45, 7) is 2.17. The van der Waals surface area contributed by atoms with Crippen molar-refractivity contribution in [3.63, 3.8) is 0 Å². The number of halogens is 1. The molecule has 0 saturated heterocycles. The largest absolute Gasteiger partial charge is 0.481 e. The van der Waals surface area contributed by atoms with Gasteiger partial charge in [0.15, 0.2) is 0 Å². The molecule has 0 bridgehead atoms. The van der Waals surface area contributed by atoms with Crippen LogP contribution in [0.4, 0.5) is 15.8 Å². The van der Waals surface area contributed by atoms with Gasteiger partial charge in [-0.3, -0.25) is 14.9 Å². The van der Waals surface area contributed by atoms with E-state index in [1.165, 1.54) is 12.1 Å². The fourth-order valence-corrected chi connectivity index (χ4v) is 1.60. The summed E-state index contributed by atoms with van der Waals surface area (Å²) < 4.78 is 13.3. The molecule has 0 aromatic heterocycles. The molecule has 0 radical (unpaired) electrons. The van der Waals surface area contributed by atoms with Gasteiger partial charge in [-0.25, -0.2) is 0 Å². The molecule has 0 amide bonds. The Morgan fingerprint density at radius 3 is 2.84 bits per heavy atom. The molecule has 0 aliphatic heterocycles. The van der Waals surface area contributed by atoms with Crippen molar-refractivity contribution in [1.82, 2.24) is 0 Å². The topological polar surface area (TPSA) is 92.5 Å². The number of aliphatic carboxylic acids is 1. The molecule has 0 heterocycles. The number of nitrogens with one attached hydrogen (secondary N) is 1. The molecule has 0 aliphatic rings. The zero-order valence-electron chi connectivity index (χ0n) is 10.4. The van der Waals surface area contributed by atoms with Crippen LogP contribution in [-0.4, -0.2) is 22.5 Å². The Hall–Kier alpha value is -2.18. The summed E-state index contributed by atoms with van der Waals surface area (Å²) in [6.07, 6.45) is 0.486. The van der Waals surface area contributed by atoms with E-state index in [1.807, 2.05) is 6.92 Å². The maximum absolute atomic E-state index is 13.3. The Morgan fingerprint density at radius 1 is 1.58 bits per heavy atom. The Balaban J connectivity index is 2.65. The van der Waals surface area contributed by atoms with E-state index >= 15 is 0 Å². The summed E-state index contributed by atoms with van der Waals surface area (Å²) in [5, 5.41) is 22.1. The minimum Gasteiger partial charge on any atom is -0.481 e. The second kappa shape index (κ2) is 6.67. The number of nitrogens with zero attached hydrogens (tertiary/aromatic N) is 1. The van der Waals surface area contributed by atoms with Gasteiger partial charge < -0.3 is 10.4 Å². The predicted octanol–water partition coefficient (Wildman–Crippen LogP) is 2.65. The van der Waals surface area contributed by atoms with E-state index in [4.69, 9.17) is 5.11 Å². The Kier molecular flexibility index (Phi) is 5.23. The number of hydrogen-bond acceptors (Lipinski definition) is 4. The molecule has 7 heteroatoms. The van der Waals surface area contributed by atoms with E-state index in [-0.39, 0.29) is 18.0 Å². The summed E-state index contributed by atoms with van der Waals surface area (Å²) in [7, 11) is 0. The van der Waals surface area contributed by atoms with E-state index < -0.39 is 22.4 Å². The first-order chi connectivity index (χ1) is 8.91. The van der Waals surface area contributed by atoms with Gasteiger partial charge in [-0.2, -0.15) is 4.39 Å². The molecule has 0 fully saturated rings. The van der Waals surface area contributed by atoms with Crippen molar-refractivity contribution >= 4 is 17.3 Å². The zero-order valence-corrected chi connectivity index (χ0v) is 10.4. The molecule has 1 aromatic carbocycles. The van der Waals surface area contributed by atoms with Crippen molar-refractivity contribution in [2.75, 3.05) is 11.9 Å². The molecule has 0 aliphatic carbocycles. The number of para-hydroxylation sites is 1. The lowest BCUT2D eigenvalue weighted by Gasteiger charge is -2.12. The third-order valence-electron chi connectivity index (χ3n) is 2.66. The lowest BCUT2D eigenvalue weighted by atomic mass is 10.1. The molecule has 1 rings (SSSR count). The molecule has 6 nitrogen and oxygen atoms in total. The lowest BCUT2D eigenvalue weighted by Crippen LogP contribution is -2.14. The van der Waals surface area contributed by atoms with Crippen molar-refractivity contribution < 1.29 is 19.2 Å². The Morgan fingerprint density at radius 2 is 2.26 bits per heavy atom. The van der Waals surface area contributed by atoms with E-state index in [0.29, 0.717) is 13.0 Å². The van der Waals surface area contributed by atoms with Crippen molar-refractivity contribution in [2.45, 2.75) is 19.8 Å². The second-order valence-electron chi connectivity index (χ2n) is 4.31. The summed E-state index contributed by atoms with van der Waals surface area (Å²) in [4.78, 5) is 20.4. The third-order valence-corrected chi connectivity index (χ3v) is 2.66. The van der Waals surface area contributed by atoms with E-state index in [0.717, 1.165) is 6.07 Å². The number of rotatable bonds is 7. The summed E-state index contributed by atoms with van der Waals surface area (Å²) in [6, 6.07) is 3.83. The number of nitro groups is 1. The summed E-state index contributed by atoms with van der Waals surface area (Å²) in [5.74, 6) is -1.77. The molecule has 1 unspecified atom stereocenters. The van der Waals surface area contributed by atoms with Crippen LogP contribution in [0, 0.1) is 21.8 Å². The van der Waals surface area contributed by atoms with Crippen LogP contribution in [0.5, 0.6) is 0 Å². The van der Waals surface area contributed by atoms with Gasteiger partial charge in [0.2, 0.25) is 5.82 Å². The molecule has 0 saturated carbocycles. The fourth-order valence-electron chi connectivity index (χ4n) is 1.60. The second-order valence-corrected chi connectivity index (χ2v) is 4.31. The molecular formula is C12H15FN2O4. The van der Waals surface area contributed by atoms with Gasteiger partial charge in [0.1, 0.15) is 5.69 Å². The molecule has 104 valence electrons. The molecule has 1 atom stereocenters. The normalized spacial score (nSPS) is 11.9. The van der Waals surface area contributed by atoms with Crippen molar-refractivity contribution in [3.8, 4) is 0 Å². The van der Waals surface area contributed by atoms with Gasteiger partial charge in [-0.05, 0) is 24.5 Å². The van der Waals surface area contributed by atoms with Gasteiger partial charge in [0.25, 0.3) is 0 Å². The van der Waals surface area contributed by atoms with Crippen LogP contribution in [0.15, 0.2) is 18.2 Å². The van der Waals surface area contributed by atoms with Crippen LogP contribution < -0.4 is 5.32 Å². The highest BCUT2D eigenvalue weighted by Gasteiger charge is 2.19. The average Bonchev–Trinajstić information content (AvgIpc) is 2.33. The van der Waals surface area contributed by atoms with E-state index in [2.05, 4.69) is 5.32 Å². The smallest absolute Gasteiger partial charge is 0.327 e. The molecular weight excluding hydrogens is 255 g/mol.